The van der Waals surface area contributed by atoms with Gasteiger partial charge in [-0.3, -0.25) is 5.32 Å². The zero-order chi connectivity index (χ0) is 14.4. The van der Waals surface area contributed by atoms with Gasteiger partial charge >= 0.3 is 6.03 Å². The van der Waals surface area contributed by atoms with E-state index < -0.39 is 6.03 Å². The van der Waals surface area contributed by atoms with Crippen LogP contribution in [0.15, 0.2) is 36.7 Å². The standard InChI is InChI=1S/C14H16N4O2/c1-10-5-3-6-12(11(10)2)20-9-17-14(19)18-13-15-7-4-8-16-13/h3-8H,9H2,1-2H3,(H2,15,16,17,18,19). The van der Waals surface area contributed by atoms with Crippen LogP contribution in [0.2, 0.25) is 0 Å². The van der Waals surface area contributed by atoms with E-state index in [0.29, 0.717) is 0 Å². The zero-order valence-electron chi connectivity index (χ0n) is 11.4. The minimum atomic E-state index is -0.415. The first-order chi connectivity index (χ1) is 9.66. The van der Waals surface area contributed by atoms with E-state index in [9.17, 15) is 4.79 Å². The van der Waals surface area contributed by atoms with Gasteiger partial charge in [0, 0.05) is 12.4 Å². The molecule has 2 aromatic rings. The first-order valence-corrected chi connectivity index (χ1v) is 6.17. The van der Waals surface area contributed by atoms with Crippen molar-refractivity contribution in [3.8, 4) is 5.75 Å². The van der Waals surface area contributed by atoms with Crippen LogP contribution in [0, 0.1) is 13.8 Å². The number of hydrogen-bond acceptors (Lipinski definition) is 4. The first kappa shape index (κ1) is 13.8. The zero-order valence-corrected chi connectivity index (χ0v) is 11.4. The van der Waals surface area contributed by atoms with Crippen LogP contribution < -0.4 is 15.4 Å². The Hall–Kier alpha value is -2.63. The Labute approximate surface area is 117 Å². The van der Waals surface area contributed by atoms with Crippen LogP contribution >= 0.6 is 0 Å². The largest absolute Gasteiger partial charge is 0.473 e. The monoisotopic (exact) mass is 272 g/mol. The van der Waals surface area contributed by atoms with Gasteiger partial charge in [-0.2, -0.15) is 0 Å². The molecule has 1 aromatic carbocycles. The molecule has 6 heteroatoms. The Morgan fingerprint density at radius 2 is 1.95 bits per heavy atom. The molecule has 0 radical (unpaired) electrons. The third-order valence-corrected chi connectivity index (χ3v) is 2.81. The lowest BCUT2D eigenvalue weighted by atomic mass is 10.1. The first-order valence-electron chi connectivity index (χ1n) is 6.17. The molecular weight excluding hydrogens is 256 g/mol. The number of nitrogens with zero attached hydrogens (tertiary/aromatic N) is 2. The van der Waals surface area contributed by atoms with E-state index in [1.54, 1.807) is 18.5 Å². The summed E-state index contributed by atoms with van der Waals surface area (Å²) in [7, 11) is 0. The van der Waals surface area contributed by atoms with Crippen molar-refractivity contribution in [3.05, 3.63) is 47.8 Å². The number of urea groups is 1. The van der Waals surface area contributed by atoms with Gasteiger partial charge in [-0.25, -0.2) is 14.8 Å². The van der Waals surface area contributed by atoms with Gasteiger partial charge in [-0.15, -0.1) is 0 Å². The van der Waals surface area contributed by atoms with Crippen molar-refractivity contribution < 1.29 is 9.53 Å². The number of anilines is 1. The molecule has 0 fully saturated rings. The minimum Gasteiger partial charge on any atom is -0.473 e. The fourth-order valence-corrected chi connectivity index (χ4v) is 1.57. The third kappa shape index (κ3) is 3.68. The Bertz CT molecular complexity index is 587. The van der Waals surface area contributed by atoms with E-state index in [-0.39, 0.29) is 12.7 Å². The van der Waals surface area contributed by atoms with Crippen molar-refractivity contribution in [1.82, 2.24) is 15.3 Å². The molecule has 0 unspecified atom stereocenters. The Balaban J connectivity index is 1.81. The lowest BCUT2D eigenvalue weighted by Crippen LogP contribution is -2.32. The van der Waals surface area contributed by atoms with Gasteiger partial charge in [0.15, 0.2) is 6.73 Å². The van der Waals surface area contributed by atoms with Crippen LogP contribution in [0.1, 0.15) is 11.1 Å². The molecule has 0 aliphatic rings. The smallest absolute Gasteiger partial charge is 0.324 e. The maximum atomic E-state index is 11.6. The highest BCUT2D eigenvalue weighted by atomic mass is 16.5. The lowest BCUT2D eigenvalue weighted by molar-refractivity contribution is 0.234. The number of carbonyl (C=O) groups excluding carboxylic acids is 1. The fraction of sp³-hybridized carbons (Fsp3) is 0.214. The van der Waals surface area contributed by atoms with Crippen LogP contribution in [0.5, 0.6) is 5.75 Å². The summed E-state index contributed by atoms with van der Waals surface area (Å²) in [5.41, 5.74) is 2.20. The minimum absolute atomic E-state index is 0.0724. The number of benzene rings is 1. The molecule has 1 aromatic heterocycles. The highest BCUT2D eigenvalue weighted by molar-refractivity contribution is 5.87. The second-order valence-electron chi connectivity index (χ2n) is 4.19. The summed E-state index contributed by atoms with van der Waals surface area (Å²) in [5, 5.41) is 5.08. The van der Waals surface area contributed by atoms with Gasteiger partial charge in [0.05, 0.1) is 0 Å². The number of amides is 2. The van der Waals surface area contributed by atoms with Crippen molar-refractivity contribution in [1.29, 1.82) is 0 Å². The molecule has 0 saturated carbocycles. The molecule has 0 aliphatic heterocycles. The van der Waals surface area contributed by atoms with Crippen LogP contribution in [-0.4, -0.2) is 22.7 Å². The predicted octanol–water partition coefficient (Wildman–Crippen LogP) is 2.25. The summed E-state index contributed by atoms with van der Waals surface area (Å²) >= 11 is 0. The molecule has 6 nitrogen and oxygen atoms in total. The number of aryl methyl sites for hydroxylation is 1. The average molecular weight is 272 g/mol. The summed E-state index contributed by atoms with van der Waals surface area (Å²) in [5.74, 6) is 0.998. The summed E-state index contributed by atoms with van der Waals surface area (Å²) in [6.07, 6.45) is 3.10. The van der Waals surface area contributed by atoms with Gasteiger partial charge in [-0.05, 0) is 37.1 Å². The van der Waals surface area contributed by atoms with Crippen molar-refractivity contribution in [2.24, 2.45) is 0 Å². The van der Waals surface area contributed by atoms with Crippen LogP contribution in [0.3, 0.4) is 0 Å². The van der Waals surface area contributed by atoms with E-state index >= 15 is 0 Å². The number of hydrogen-bond donors (Lipinski definition) is 2. The van der Waals surface area contributed by atoms with Gasteiger partial charge in [-0.1, -0.05) is 12.1 Å². The van der Waals surface area contributed by atoms with Crippen LogP contribution in [0.25, 0.3) is 0 Å². The average Bonchev–Trinajstić information content (AvgIpc) is 2.44. The number of ether oxygens (including phenoxy) is 1. The molecule has 0 aliphatic carbocycles. The summed E-state index contributed by atoms with van der Waals surface area (Å²) in [4.78, 5) is 19.3. The van der Waals surface area contributed by atoms with Gasteiger partial charge in [0.2, 0.25) is 5.95 Å². The molecule has 2 N–H and O–H groups in total. The van der Waals surface area contributed by atoms with E-state index in [0.717, 1.165) is 16.9 Å². The van der Waals surface area contributed by atoms with Crippen molar-refractivity contribution >= 4 is 12.0 Å². The highest BCUT2D eigenvalue weighted by Gasteiger charge is 2.04. The van der Waals surface area contributed by atoms with Crippen molar-refractivity contribution in [3.63, 3.8) is 0 Å². The molecule has 104 valence electrons. The molecule has 0 atom stereocenters. The Kier molecular flexibility index (Phi) is 4.49. The van der Waals surface area contributed by atoms with E-state index in [1.807, 2.05) is 32.0 Å². The van der Waals surface area contributed by atoms with Crippen molar-refractivity contribution in [2.45, 2.75) is 13.8 Å². The molecular formula is C14H16N4O2. The normalized spacial score (nSPS) is 9.90. The molecule has 0 spiro atoms. The van der Waals surface area contributed by atoms with Crippen molar-refractivity contribution in [2.75, 3.05) is 12.0 Å². The maximum absolute atomic E-state index is 11.6. The SMILES string of the molecule is Cc1cccc(OCNC(=O)Nc2ncccn2)c1C. The number of aromatic nitrogens is 2. The quantitative estimate of drug-likeness (QED) is 0.837. The highest BCUT2D eigenvalue weighted by Crippen LogP contribution is 2.19. The molecule has 20 heavy (non-hydrogen) atoms. The maximum Gasteiger partial charge on any atom is 0.324 e. The van der Waals surface area contributed by atoms with Gasteiger partial charge < -0.3 is 10.1 Å². The fourth-order valence-electron chi connectivity index (χ4n) is 1.57. The van der Waals surface area contributed by atoms with Gasteiger partial charge in [0.25, 0.3) is 0 Å². The van der Waals surface area contributed by atoms with Crippen LogP contribution in [-0.2, 0) is 0 Å². The summed E-state index contributed by atoms with van der Waals surface area (Å²) < 4.78 is 5.51. The molecule has 0 bridgehead atoms. The predicted molar refractivity (Wildman–Crippen MR) is 75.6 cm³/mol. The third-order valence-electron chi connectivity index (χ3n) is 2.81. The molecule has 2 amide bonds. The molecule has 1 heterocycles. The number of nitrogens with one attached hydrogen (secondary N) is 2. The topological polar surface area (TPSA) is 76.1 Å². The second-order valence-corrected chi connectivity index (χ2v) is 4.19. The van der Waals surface area contributed by atoms with Gasteiger partial charge in [0.1, 0.15) is 5.75 Å². The number of rotatable bonds is 4. The number of carbonyl (C=O) groups is 1. The van der Waals surface area contributed by atoms with E-state index in [4.69, 9.17) is 4.74 Å². The van der Waals surface area contributed by atoms with Crippen LogP contribution in [0.4, 0.5) is 10.7 Å². The van der Waals surface area contributed by atoms with E-state index in [1.165, 1.54) is 0 Å². The summed E-state index contributed by atoms with van der Waals surface area (Å²) in [6.45, 7) is 4.06. The molecule has 2 rings (SSSR count). The second kappa shape index (κ2) is 6.51. The molecule has 0 saturated heterocycles. The Morgan fingerprint density at radius 3 is 2.70 bits per heavy atom. The lowest BCUT2D eigenvalue weighted by Gasteiger charge is -2.11. The Morgan fingerprint density at radius 1 is 1.20 bits per heavy atom. The summed E-state index contributed by atoms with van der Waals surface area (Å²) in [6, 6.07) is 7.04. The van der Waals surface area contributed by atoms with E-state index in [2.05, 4.69) is 20.6 Å².